The third-order valence-corrected chi connectivity index (χ3v) is 5.66. The first-order valence-corrected chi connectivity index (χ1v) is 9.75. The molecule has 118 valence electrons. The maximum atomic E-state index is 12.6. The normalized spacial score (nSPS) is 11.6. The summed E-state index contributed by atoms with van der Waals surface area (Å²) in [7, 11) is -3.91. The summed E-state index contributed by atoms with van der Waals surface area (Å²) in [6, 6.07) is 16.1. The minimum Gasteiger partial charge on any atom is -0.377 e. The Morgan fingerprint density at radius 3 is 2.30 bits per heavy atom. The highest BCUT2D eigenvalue weighted by Gasteiger charge is 2.20. The zero-order valence-electron chi connectivity index (χ0n) is 12.1. The number of halogens is 2. The molecule has 0 heterocycles. The SMILES string of the molecule is Cc1cc(Br)cc(Br)c1OS(=O)(=O)c1ccc2ccccc2c1. The third kappa shape index (κ3) is 3.44. The minimum atomic E-state index is -3.91. The average molecular weight is 456 g/mol. The van der Waals surface area contributed by atoms with Gasteiger partial charge in [0.05, 0.1) is 4.47 Å². The summed E-state index contributed by atoms with van der Waals surface area (Å²) in [5, 5.41) is 1.83. The van der Waals surface area contributed by atoms with Crippen molar-refractivity contribution in [2.24, 2.45) is 0 Å². The molecule has 6 heteroatoms. The summed E-state index contributed by atoms with van der Waals surface area (Å²) in [4.78, 5) is 0.130. The van der Waals surface area contributed by atoms with Crippen molar-refractivity contribution in [1.82, 2.24) is 0 Å². The van der Waals surface area contributed by atoms with Crippen LogP contribution >= 0.6 is 31.9 Å². The van der Waals surface area contributed by atoms with Gasteiger partial charge in [0.15, 0.2) is 5.75 Å². The second-order valence-corrected chi connectivity index (χ2v) is 8.40. The summed E-state index contributed by atoms with van der Waals surface area (Å²) < 4.78 is 31.9. The summed E-state index contributed by atoms with van der Waals surface area (Å²) in [5.74, 6) is 0.293. The van der Waals surface area contributed by atoms with E-state index in [1.54, 1.807) is 37.3 Å². The van der Waals surface area contributed by atoms with Crippen LogP contribution in [0.2, 0.25) is 0 Å². The van der Waals surface area contributed by atoms with Crippen LogP contribution in [0.15, 0.2) is 68.4 Å². The molecule has 3 rings (SSSR count). The molecule has 0 aromatic heterocycles. The van der Waals surface area contributed by atoms with Crippen molar-refractivity contribution >= 4 is 52.8 Å². The third-order valence-electron chi connectivity index (χ3n) is 3.40. The van der Waals surface area contributed by atoms with Crippen LogP contribution in [-0.2, 0) is 10.1 Å². The van der Waals surface area contributed by atoms with Crippen molar-refractivity contribution in [3.8, 4) is 5.75 Å². The number of aryl methyl sites for hydroxylation is 1. The van der Waals surface area contributed by atoms with Crippen LogP contribution in [0.5, 0.6) is 5.75 Å². The first-order chi connectivity index (χ1) is 10.9. The number of hydrogen-bond donors (Lipinski definition) is 0. The topological polar surface area (TPSA) is 43.4 Å². The number of benzene rings is 3. The van der Waals surface area contributed by atoms with Crippen LogP contribution in [0, 0.1) is 6.92 Å². The lowest BCUT2D eigenvalue weighted by molar-refractivity contribution is 0.482. The molecule has 3 nitrogen and oxygen atoms in total. The van der Waals surface area contributed by atoms with E-state index in [1.807, 2.05) is 24.3 Å². The van der Waals surface area contributed by atoms with E-state index in [2.05, 4.69) is 31.9 Å². The molecule has 0 unspecified atom stereocenters. The summed E-state index contributed by atoms with van der Waals surface area (Å²) in [6.45, 7) is 1.79. The van der Waals surface area contributed by atoms with Crippen molar-refractivity contribution in [3.63, 3.8) is 0 Å². The molecule has 3 aromatic carbocycles. The number of rotatable bonds is 3. The maximum absolute atomic E-state index is 12.6. The van der Waals surface area contributed by atoms with Gasteiger partial charge in [0.25, 0.3) is 0 Å². The molecule has 0 fully saturated rings. The van der Waals surface area contributed by atoms with Gasteiger partial charge in [0, 0.05) is 4.47 Å². The van der Waals surface area contributed by atoms with Gasteiger partial charge in [-0.2, -0.15) is 8.42 Å². The quantitative estimate of drug-likeness (QED) is 0.493. The van der Waals surface area contributed by atoms with Crippen molar-refractivity contribution in [2.45, 2.75) is 11.8 Å². The van der Waals surface area contributed by atoms with Gasteiger partial charge >= 0.3 is 10.1 Å². The van der Waals surface area contributed by atoms with Crippen LogP contribution in [0.1, 0.15) is 5.56 Å². The fraction of sp³-hybridized carbons (Fsp3) is 0.0588. The van der Waals surface area contributed by atoms with Crippen molar-refractivity contribution in [1.29, 1.82) is 0 Å². The number of fused-ring (bicyclic) bond motifs is 1. The fourth-order valence-corrected chi connectivity index (χ4v) is 4.95. The monoisotopic (exact) mass is 454 g/mol. The van der Waals surface area contributed by atoms with Gasteiger partial charge in [-0.3, -0.25) is 0 Å². The largest absolute Gasteiger partial charge is 0.377 e. The maximum Gasteiger partial charge on any atom is 0.339 e. The van der Waals surface area contributed by atoms with Gasteiger partial charge < -0.3 is 4.18 Å². The van der Waals surface area contributed by atoms with Crippen molar-refractivity contribution in [2.75, 3.05) is 0 Å². The van der Waals surface area contributed by atoms with E-state index in [4.69, 9.17) is 4.18 Å². The predicted molar refractivity (Wildman–Crippen MR) is 98.3 cm³/mol. The highest BCUT2D eigenvalue weighted by molar-refractivity contribution is 9.11. The lowest BCUT2D eigenvalue weighted by atomic mass is 10.1. The first kappa shape index (κ1) is 16.5. The molecule has 3 aromatic rings. The highest BCUT2D eigenvalue weighted by atomic mass is 79.9. The second kappa shape index (κ2) is 6.26. The highest BCUT2D eigenvalue weighted by Crippen LogP contribution is 2.34. The molecule has 0 bridgehead atoms. The standard InChI is InChI=1S/C17H12Br2O3S/c1-11-8-14(18)10-16(19)17(11)22-23(20,21)15-7-6-12-4-2-3-5-13(12)9-15/h2-10H,1H3. The van der Waals surface area contributed by atoms with Crippen LogP contribution in [0.4, 0.5) is 0 Å². The van der Waals surface area contributed by atoms with Crippen LogP contribution in [-0.4, -0.2) is 8.42 Å². The van der Waals surface area contributed by atoms with Gasteiger partial charge in [0.1, 0.15) is 4.90 Å². The zero-order valence-corrected chi connectivity index (χ0v) is 16.1. The zero-order chi connectivity index (χ0) is 16.6. The van der Waals surface area contributed by atoms with E-state index in [0.717, 1.165) is 20.8 Å². The second-order valence-electron chi connectivity index (χ2n) is 5.08. The van der Waals surface area contributed by atoms with Crippen LogP contribution < -0.4 is 4.18 Å². The van der Waals surface area contributed by atoms with Crippen LogP contribution in [0.3, 0.4) is 0 Å². The molecule has 0 radical (unpaired) electrons. The first-order valence-electron chi connectivity index (χ1n) is 6.76. The Kier molecular flexibility index (Phi) is 4.49. The fourth-order valence-electron chi connectivity index (χ4n) is 2.28. The summed E-state index contributed by atoms with van der Waals surface area (Å²) in [6.07, 6.45) is 0. The smallest absolute Gasteiger partial charge is 0.339 e. The summed E-state index contributed by atoms with van der Waals surface area (Å²) in [5.41, 5.74) is 0.718. The minimum absolute atomic E-state index is 0.130. The van der Waals surface area contributed by atoms with Gasteiger partial charge in [-0.1, -0.05) is 46.3 Å². The van der Waals surface area contributed by atoms with E-state index in [0.29, 0.717) is 10.2 Å². The van der Waals surface area contributed by atoms with E-state index in [-0.39, 0.29) is 4.90 Å². The lowest BCUT2D eigenvalue weighted by Crippen LogP contribution is -2.11. The Morgan fingerprint density at radius 2 is 1.61 bits per heavy atom. The predicted octanol–water partition coefficient (Wildman–Crippen LogP) is 5.44. The van der Waals surface area contributed by atoms with Gasteiger partial charge in [-0.25, -0.2) is 0 Å². The molecule has 0 aliphatic heterocycles. The Morgan fingerprint density at radius 1 is 0.913 bits per heavy atom. The Hall–Kier alpha value is -1.37. The molecule has 0 spiro atoms. The van der Waals surface area contributed by atoms with Crippen molar-refractivity contribution < 1.29 is 12.6 Å². The van der Waals surface area contributed by atoms with E-state index >= 15 is 0 Å². The Balaban J connectivity index is 2.04. The molecule has 0 amide bonds. The lowest BCUT2D eigenvalue weighted by Gasteiger charge is -2.12. The molecule has 0 saturated heterocycles. The molecule has 0 N–H and O–H groups in total. The molecule has 0 aliphatic carbocycles. The summed E-state index contributed by atoms with van der Waals surface area (Å²) >= 11 is 6.71. The van der Waals surface area contributed by atoms with Crippen molar-refractivity contribution in [3.05, 3.63) is 69.1 Å². The molecule has 0 atom stereocenters. The Labute approximate surface area is 151 Å². The molecule has 0 aliphatic rings. The van der Waals surface area contributed by atoms with E-state index < -0.39 is 10.1 Å². The molecule has 23 heavy (non-hydrogen) atoms. The Bertz CT molecular complexity index is 975. The van der Waals surface area contributed by atoms with Crippen LogP contribution in [0.25, 0.3) is 10.8 Å². The van der Waals surface area contributed by atoms with Gasteiger partial charge in [-0.05, 0) is 63.5 Å². The molecular weight excluding hydrogens is 444 g/mol. The number of hydrogen-bond acceptors (Lipinski definition) is 3. The van der Waals surface area contributed by atoms with E-state index in [9.17, 15) is 8.42 Å². The molecule has 0 saturated carbocycles. The molecular formula is C17H12Br2O3S. The van der Waals surface area contributed by atoms with Gasteiger partial charge in [0.2, 0.25) is 0 Å². The van der Waals surface area contributed by atoms with E-state index in [1.165, 1.54) is 0 Å². The average Bonchev–Trinajstić information content (AvgIpc) is 2.50. The van der Waals surface area contributed by atoms with Gasteiger partial charge in [-0.15, -0.1) is 0 Å².